The van der Waals surface area contributed by atoms with Gasteiger partial charge in [0.15, 0.2) is 0 Å². The number of aryl methyl sites for hydroxylation is 1. The predicted molar refractivity (Wildman–Crippen MR) is 73.4 cm³/mol. The Balaban J connectivity index is 2.30. The molecule has 0 fully saturated rings. The quantitative estimate of drug-likeness (QED) is 0.729. The molecular formula is C13H11N3O3S. The molecule has 0 amide bonds. The van der Waals surface area contributed by atoms with E-state index < -0.39 is 10.1 Å². The average molecular weight is 289 g/mol. The first-order valence-electron chi connectivity index (χ1n) is 5.86. The SMILES string of the molecule is Cc1ccc(S(=O)(=O)O)c(-n2nc3ccccc3n2)c1. The lowest BCUT2D eigenvalue weighted by Crippen LogP contribution is -2.08. The van der Waals surface area contributed by atoms with Crippen molar-refractivity contribution in [3.8, 4) is 5.69 Å². The minimum atomic E-state index is -4.34. The third-order valence-electron chi connectivity index (χ3n) is 2.89. The van der Waals surface area contributed by atoms with Gasteiger partial charge in [-0.2, -0.15) is 8.42 Å². The molecule has 3 rings (SSSR count). The van der Waals surface area contributed by atoms with Crippen LogP contribution >= 0.6 is 0 Å². The van der Waals surface area contributed by atoms with Gasteiger partial charge in [0.2, 0.25) is 0 Å². The molecule has 0 saturated heterocycles. The Morgan fingerprint density at radius 2 is 1.65 bits per heavy atom. The van der Waals surface area contributed by atoms with E-state index in [0.29, 0.717) is 11.0 Å². The maximum atomic E-state index is 11.4. The zero-order valence-electron chi connectivity index (χ0n) is 10.6. The summed E-state index contributed by atoms with van der Waals surface area (Å²) in [5.74, 6) is 0. The number of rotatable bonds is 2. The summed E-state index contributed by atoms with van der Waals surface area (Å²) >= 11 is 0. The Kier molecular flexibility index (Phi) is 2.81. The summed E-state index contributed by atoms with van der Waals surface area (Å²) in [6, 6.07) is 11.8. The van der Waals surface area contributed by atoms with Crippen LogP contribution < -0.4 is 0 Å². The van der Waals surface area contributed by atoms with Gasteiger partial charge in [-0.15, -0.1) is 15.0 Å². The van der Waals surface area contributed by atoms with Crippen molar-refractivity contribution in [1.29, 1.82) is 0 Å². The Morgan fingerprint density at radius 1 is 1.05 bits per heavy atom. The normalized spacial score (nSPS) is 11.9. The summed E-state index contributed by atoms with van der Waals surface area (Å²) in [7, 11) is -4.34. The summed E-state index contributed by atoms with van der Waals surface area (Å²) in [6.07, 6.45) is 0. The molecule has 7 heteroatoms. The van der Waals surface area contributed by atoms with Crippen molar-refractivity contribution in [3.63, 3.8) is 0 Å². The van der Waals surface area contributed by atoms with Crippen LogP contribution in [-0.2, 0) is 10.1 Å². The Hall–Kier alpha value is -2.25. The molecule has 0 bridgehead atoms. The number of aromatic nitrogens is 3. The van der Waals surface area contributed by atoms with Gasteiger partial charge in [0.25, 0.3) is 10.1 Å². The molecule has 1 N–H and O–H groups in total. The van der Waals surface area contributed by atoms with E-state index in [0.717, 1.165) is 5.56 Å². The van der Waals surface area contributed by atoms with Gasteiger partial charge in [0.1, 0.15) is 21.6 Å². The first kappa shape index (κ1) is 12.8. The van der Waals surface area contributed by atoms with Crippen LogP contribution in [0.15, 0.2) is 47.4 Å². The molecule has 0 saturated carbocycles. The molecule has 0 radical (unpaired) electrons. The van der Waals surface area contributed by atoms with E-state index in [4.69, 9.17) is 0 Å². The largest absolute Gasteiger partial charge is 0.296 e. The van der Waals surface area contributed by atoms with E-state index >= 15 is 0 Å². The van der Waals surface area contributed by atoms with Gasteiger partial charge in [0.05, 0.1) is 0 Å². The molecule has 6 nitrogen and oxygen atoms in total. The highest BCUT2D eigenvalue weighted by Crippen LogP contribution is 2.21. The predicted octanol–water partition coefficient (Wildman–Crippen LogP) is 1.98. The molecule has 0 spiro atoms. The van der Waals surface area contributed by atoms with E-state index in [9.17, 15) is 13.0 Å². The molecule has 0 aliphatic carbocycles. The second-order valence-corrected chi connectivity index (χ2v) is 5.81. The van der Waals surface area contributed by atoms with Gasteiger partial charge < -0.3 is 0 Å². The molecule has 0 aliphatic heterocycles. The van der Waals surface area contributed by atoms with Crippen molar-refractivity contribution in [2.24, 2.45) is 0 Å². The zero-order chi connectivity index (χ0) is 14.3. The number of fused-ring (bicyclic) bond motifs is 1. The van der Waals surface area contributed by atoms with Gasteiger partial charge in [0, 0.05) is 0 Å². The van der Waals surface area contributed by atoms with Crippen molar-refractivity contribution >= 4 is 21.2 Å². The van der Waals surface area contributed by atoms with Gasteiger partial charge in [-0.3, -0.25) is 4.55 Å². The van der Waals surface area contributed by atoms with Gasteiger partial charge >= 0.3 is 0 Å². The Morgan fingerprint density at radius 3 is 2.20 bits per heavy atom. The fraction of sp³-hybridized carbons (Fsp3) is 0.0769. The maximum Gasteiger partial charge on any atom is 0.296 e. The first-order valence-corrected chi connectivity index (χ1v) is 7.30. The lowest BCUT2D eigenvalue weighted by molar-refractivity contribution is 0.482. The highest BCUT2D eigenvalue weighted by atomic mass is 32.2. The number of hydrogen-bond donors (Lipinski definition) is 1. The van der Waals surface area contributed by atoms with E-state index in [1.54, 1.807) is 24.3 Å². The fourth-order valence-electron chi connectivity index (χ4n) is 1.97. The van der Waals surface area contributed by atoms with Crippen LogP contribution in [-0.4, -0.2) is 28.0 Å². The molecule has 20 heavy (non-hydrogen) atoms. The summed E-state index contributed by atoms with van der Waals surface area (Å²) < 4.78 is 32.2. The molecule has 1 heterocycles. The minimum absolute atomic E-state index is 0.219. The summed E-state index contributed by atoms with van der Waals surface area (Å²) in [4.78, 5) is 1.00. The topological polar surface area (TPSA) is 85.1 Å². The van der Waals surface area contributed by atoms with Crippen molar-refractivity contribution in [2.75, 3.05) is 0 Å². The number of benzene rings is 2. The van der Waals surface area contributed by atoms with Gasteiger partial charge in [-0.1, -0.05) is 18.2 Å². The number of nitrogens with zero attached hydrogens (tertiary/aromatic N) is 3. The molecule has 0 aliphatic rings. The lowest BCUT2D eigenvalue weighted by Gasteiger charge is -2.06. The third kappa shape index (κ3) is 2.17. The van der Waals surface area contributed by atoms with E-state index in [-0.39, 0.29) is 10.6 Å². The van der Waals surface area contributed by atoms with E-state index in [2.05, 4.69) is 10.2 Å². The molecular weight excluding hydrogens is 278 g/mol. The van der Waals surface area contributed by atoms with Crippen molar-refractivity contribution in [1.82, 2.24) is 15.0 Å². The highest BCUT2D eigenvalue weighted by Gasteiger charge is 2.18. The molecule has 1 aromatic heterocycles. The van der Waals surface area contributed by atoms with Gasteiger partial charge in [-0.25, -0.2) is 0 Å². The molecule has 0 unspecified atom stereocenters. The van der Waals surface area contributed by atoms with Crippen LogP contribution in [0, 0.1) is 6.92 Å². The second-order valence-electron chi connectivity index (χ2n) is 4.42. The zero-order valence-corrected chi connectivity index (χ0v) is 11.4. The summed E-state index contributed by atoms with van der Waals surface area (Å²) in [6.45, 7) is 1.82. The summed E-state index contributed by atoms with van der Waals surface area (Å²) in [5.41, 5.74) is 2.36. The molecule has 2 aromatic carbocycles. The van der Waals surface area contributed by atoms with Crippen molar-refractivity contribution < 1.29 is 13.0 Å². The average Bonchev–Trinajstić information content (AvgIpc) is 2.80. The van der Waals surface area contributed by atoms with Crippen LogP contribution in [0.4, 0.5) is 0 Å². The first-order chi connectivity index (χ1) is 9.45. The highest BCUT2D eigenvalue weighted by molar-refractivity contribution is 7.86. The van der Waals surface area contributed by atoms with Crippen LogP contribution in [0.25, 0.3) is 16.7 Å². The van der Waals surface area contributed by atoms with Gasteiger partial charge in [-0.05, 0) is 36.8 Å². The van der Waals surface area contributed by atoms with Crippen molar-refractivity contribution in [3.05, 3.63) is 48.0 Å². The fourth-order valence-corrected chi connectivity index (χ4v) is 2.61. The third-order valence-corrected chi connectivity index (χ3v) is 3.80. The Bertz CT molecular complexity index is 867. The standard InChI is InChI=1S/C13H11N3O3S/c1-9-6-7-13(20(17,18)19)12(8-9)16-14-10-4-2-3-5-11(10)15-16/h2-8H,1H3,(H,17,18,19). The van der Waals surface area contributed by atoms with E-state index in [1.165, 1.54) is 10.9 Å². The minimum Gasteiger partial charge on any atom is -0.282 e. The summed E-state index contributed by atoms with van der Waals surface area (Å²) in [5, 5.41) is 8.46. The lowest BCUT2D eigenvalue weighted by atomic mass is 10.2. The molecule has 3 aromatic rings. The Labute approximate surface area is 115 Å². The van der Waals surface area contributed by atoms with Crippen LogP contribution in [0.1, 0.15) is 5.56 Å². The maximum absolute atomic E-state index is 11.4. The molecule has 102 valence electrons. The second kappa shape index (κ2) is 4.39. The van der Waals surface area contributed by atoms with Crippen molar-refractivity contribution in [2.45, 2.75) is 11.8 Å². The number of hydrogen-bond acceptors (Lipinski definition) is 4. The molecule has 0 atom stereocenters. The monoisotopic (exact) mass is 289 g/mol. The van der Waals surface area contributed by atoms with Crippen LogP contribution in [0.2, 0.25) is 0 Å². The smallest absolute Gasteiger partial charge is 0.282 e. The van der Waals surface area contributed by atoms with Crippen LogP contribution in [0.5, 0.6) is 0 Å². The van der Waals surface area contributed by atoms with E-state index in [1.807, 2.05) is 19.1 Å². The van der Waals surface area contributed by atoms with Crippen LogP contribution in [0.3, 0.4) is 0 Å².